The van der Waals surface area contributed by atoms with Crippen molar-refractivity contribution in [2.45, 2.75) is 12.5 Å². The van der Waals surface area contributed by atoms with Crippen molar-refractivity contribution < 1.29 is 0 Å². The summed E-state index contributed by atoms with van der Waals surface area (Å²) in [6, 6.07) is 0.741. The Hall–Kier alpha value is -0.300. The Morgan fingerprint density at radius 3 is 2.57 bits per heavy atom. The van der Waals surface area contributed by atoms with E-state index in [0.29, 0.717) is 0 Å². The molecule has 1 N–H and O–H groups in total. The number of fused-ring (bicyclic) bond motifs is 2. The maximum Gasteiger partial charge on any atom is 0.0256 e. The van der Waals surface area contributed by atoms with Crippen LogP contribution in [0.4, 0.5) is 0 Å². The van der Waals surface area contributed by atoms with Crippen LogP contribution in [-0.4, -0.2) is 12.6 Å². The van der Waals surface area contributed by atoms with Crippen LogP contribution in [0.3, 0.4) is 0 Å². The molecule has 1 nitrogen and oxygen atoms in total. The van der Waals surface area contributed by atoms with Crippen LogP contribution in [0.15, 0.2) is 12.2 Å². The summed E-state index contributed by atoms with van der Waals surface area (Å²) < 4.78 is 0. The van der Waals surface area contributed by atoms with Gasteiger partial charge in [0.25, 0.3) is 0 Å². The van der Waals surface area contributed by atoms with E-state index in [2.05, 4.69) is 17.5 Å². The lowest BCUT2D eigenvalue weighted by Crippen LogP contribution is -2.20. The molecule has 0 radical (unpaired) electrons. The van der Waals surface area contributed by atoms with Crippen molar-refractivity contribution in [2.75, 3.05) is 6.54 Å². The minimum Gasteiger partial charge on any atom is -0.310 e. The smallest absolute Gasteiger partial charge is 0.0256 e. The van der Waals surface area contributed by atoms with Gasteiger partial charge >= 0.3 is 0 Å². The zero-order valence-corrected chi connectivity index (χ0v) is 4.22. The van der Waals surface area contributed by atoms with Gasteiger partial charge in [-0.1, -0.05) is 12.2 Å². The topological polar surface area (TPSA) is 12.0 Å². The number of hydrogen-bond donors (Lipinski definition) is 1. The standard InChI is InChI=1S/C6H9N/c1-2-6-3-5(1)4-7-6/h1-2,5-7H,3-4H2/t5-,6+/m0/s1. The quantitative estimate of drug-likeness (QED) is 0.433. The first-order chi connectivity index (χ1) is 3.45. The summed E-state index contributed by atoms with van der Waals surface area (Å²) in [5.41, 5.74) is 0. The number of hydrogen-bond acceptors (Lipinski definition) is 1. The van der Waals surface area contributed by atoms with E-state index in [0.717, 1.165) is 12.0 Å². The predicted molar refractivity (Wildman–Crippen MR) is 29.0 cm³/mol. The molecule has 0 aromatic heterocycles. The molecule has 0 spiro atoms. The van der Waals surface area contributed by atoms with Gasteiger partial charge in [-0.05, 0) is 12.3 Å². The molecule has 0 aromatic carbocycles. The molecule has 1 heteroatoms. The highest BCUT2D eigenvalue weighted by Crippen LogP contribution is 2.22. The summed E-state index contributed by atoms with van der Waals surface area (Å²) in [5, 5.41) is 3.37. The van der Waals surface area contributed by atoms with Crippen LogP contribution in [-0.2, 0) is 0 Å². The third kappa shape index (κ3) is 0.416. The molecule has 2 aliphatic rings. The summed E-state index contributed by atoms with van der Waals surface area (Å²) in [7, 11) is 0. The van der Waals surface area contributed by atoms with Crippen LogP contribution < -0.4 is 5.32 Å². The summed E-state index contributed by atoms with van der Waals surface area (Å²) in [6.07, 6.45) is 5.95. The monoisotopic (exact) mass is 95.1 g/mol. The molecule has 7 heavy (non-hydrogen) atoms. The number of rotatable bonds is 0. The zero-order valence-electron chi connectivity index (χ0n) is 4.22. The van der Waals surface area contributed by atoms with Gasteiger partial charge < -0.3 is 5.32 Å². The van der Waals surface area contributed by atoms with E-state index in [9.17, 15) is 0 Å². The van der Waals surface area contributed by atoms with Crippen LogP contribution in [0, 0.1) is 5.92 Å². The highest BCUT2D eigenvalue weighted by Gasteiger charge is 2.24. The lowest BCUT2D eigenvalue weighted by Gasteiger charge is -2.00. The van der Waals surface area contributed by atoms with Crippen molar-refractivity contribution >= 4 is 0 Å². The van der Waals surface area contributed by atoms with Crippen LogP contribution in [0.2, 0.25) is 0 Å². The maximum atomic E-state index is 3.37. The van der Waals surface area contributed by atoms with Crippen LogP contribution in [0.5, 0.6) is 0 Å². The molecule has 0 aromatic rings. The third-order valence-corrected chi connectivity index (χ3v) is 1.81. The average Bonchev–Trinajstić information content (AvgIpc) is 2.22. The first-order valence-corrected chi connectivity index (χ1v) is 2.87. The second kappa shape index (κ2) is 1.10. The van der Waals surface area contributed by atoms with Gasteiger partial charge in [0.05, 0.1) is 0 Å². The Bertz CT molecular complexity index is 94.7. The Morgan fingerprint density at radius 1 is 1.43 bits per heavy atom. The lowest BCUT2D eigenvalue weighted by atomic mass is 10.2. The lowest BCUT2D eigenvalue weighted by molar-refractivity contribution is 0.714. The van der Waals surface area contributed by atoms with Gasteiger partial charge in [0.1, 0.15) is 0 Å². The van der Waals surface area contributed by atoms with Crippen molar-refractivity contribution in [3.8, 4) is 0 Å². The molecule has 2 rings (SSSR count). The normalized spacial score (nSPS) is 45.7. The predicted octanol–water partition coefficient (Wildman–Crippen LogP) is 0.534. The van der Waals surface area contributed by atoms with Crippen LogP contribution in [0.25, 0.3) is 0 Å². The molecule has 1 aliphatic carbocycles. The number of nitrogens with one attached hydrogen (secondary N) is 1. The van der Waals surface area contributed by atoms with Crippen molar-refractivity contribution in [1.29, 1.82) is 0 Å². The van der Waals surface area contributed by atoms with Crippen molar-refractivity contribution in [1.82, 2.24) is 5.32 Å². The first-order valence-electron chi connectivity index (χ1n) is 2.87. The molecule has 0 unspecified atom stereocenters. The Kier molecular flexibility index (Phi) is 0.577. The molecule has 1 saturated heterocycles. The molecule has 1 aliphatic heterocycles. The first kappa shape index (κ1) is 3.67. The van der Waals surface area contributed by atoms with E-state index in [1.807, 2.05) is 0 Å². The van der Waals surface area contributed by atoms with Crippen LogP contribution >= 0.6 is 0 Å². The highest BCUT2D eigenvalue weighted by molar-refractivity contribution is 5.11. The molecular formula is C6H9N. The van der Waals surface area contributed by atoms with E-state index in [-0.39, 0.29) is 0 Å². The summed E-state index contributed by atoms with van der Waals surface area (Å²) in [4.78, 5) is 0. The molecule has 2 atom stereocenters. The Morgan fingerprint density at radius 2 is 2.43 bits per heavy atom. The van der Waals surface area contributed by atoms with E-state index < -0.39 is 0 Å². The largest absolute Gasteiger partial charge is 0.310 e. The molecular weight excluding hydrogens is 86.1 g/mol. The fourth-order valence-corrected chi connectivity index (χ4v) is 1.38. The molecule has 2 bridgehead atoms. The minimum absolute atomic E-state index is 0.741. The van der Waals surface area contributed by atoms with Gasteiger partial charge in [-0.25, -0.2) is 0 Å². The van der Waals surface area contributed by atoms with E-state index >= 15 is 0 Å². The second-order valence-corrected chi connectivity index (χ2v) is 2.40. The minimum atomic E-state index is 0.741. The fraction of sp³-hybridized carbons (Fsp3) is 0.667. The van der Waals surface area contributed by atoms with Gasteiger partial charge in [-0.15, -0.1) is 0 Å². The Labute approximate surface area is 43.4 Å². The van der Waals surface area contributed by atoms with Crippen molar-refractivity contribution in [3.05, 3.63) is 12.2 Å². The van der Waals surface area contributed by atoms with Crippen molar-refractivity contribution in [2.24, 2.45) is 5.92 Å². The summed E-state index contributed by atoms with van der Waals surface area (Å²) >= 11 is 0. The maximum absolute atomic E-state index is 3.37. The highest BCUT2D eigenvalue weighted by atomic mass is 15.0. The molecule has 0 amide bonds. The average molecular weight is 95.1 g/mol. The van der Waals surface area contributed by atoms with Gasteiger partial charge in [0.15, 0.2) is 0 Å². The van der Waals surface area contributed by atoms with E-state index in [1.165, 1.54) is 13.0 Å². The van der Waals surface area contributed by atoms with Crippen molar-refractivity contribution in [3.63, 3.8) is 0 Å². The second-order valence-electron chi connectivity index (χ2n) is 2.40. The molecule has 1 fully saturated rings. The van der Waals surface area contributed by atoms with Gasteiger partial charge in [0.2, 0.25) is 0 Å². The Balaban J connectivity index is 2.27. The third-order valence-electron chi connectivity index (χ3n) is 1.81. The molecule has 0 saturated carbocycles. The van der Waals surface area contributed by atoms with E-state index in [1.54, 1.807) is 0 Å². The summed E-state index contributed by atoms with van der Waals surface area (Å²) in [5.74, 6) is 0.880. The molecule has 1 heterocycles. The van der Waals surface area contributed by atoms with Gasteiger partial charge in [-0.3, -0.25) is 0 Å². The zero-order chi connectivity index (χ0) is 4.69. The summed E-state index contributed by atoms with van der Waals surface area (Å²) in [6.45, 7) is 1.22. The van der Waals surface area contributed by atoms with Gasteiger partial charge in [-0.2, -0.15) is 0 Å². The molecule has 38 valence electrons. The van der Waals surface area contributed by atoms with E-state index in [4.69, 9.17) is 0 Å². The SMILES string of the molecule is C1=C[C@@H]2C[C@H]1CN2. The van der Waals surface area contributed by atoms with Crippen LogP contribution in [0.1, 0.15) is 6.42 Å². The van der Waals surface area contributed by atoms with Gasteiger partial charge in [0, 0.05) is 12.6 Å². The fourth-order valence-electron chi connectivity index (χ4n) is 1.38.